The van der Waals surface area contributed by atoms with E-state index in [2.05, 4.69) is 28.5 Å². The van der Waals surface area contributed by atoms with Crippen LogP contribution in [0.3, 0.4) is 0 Å². The second-order valence-corrected chi connectivity index (χ2v) is 9.84. The Hall–Kier alpha value is -2.35. The van der Waals surface area contributed by atoms with Gasteiger partial charge in [-0.05, 0) is 49.9 Å². The third-order valence-electron chi connectivity index (χ3n) is 5.79. The summed E-state index contributed by atoms with van der Waals surface area (Å²) in [6.45, 7) is 0.792. The van der Waals surface area contributed by atoms with Gasteiger partial charge in [-0.25, -0.2) is 9.97 Å². The van der Waals surface area contributed by atoms with Gasteiger partial charge in [-0.3, -0.25) is 4.79 Å². The Balaban J connectivity index is 1.19. The number of benzene rings is 2. The Morgan fingerprint density at radius 3 is 2.63 bits per heavy atom. The molecule has 7 heteroatoms. The first kappa shape index (κ1) is 19.6. The van der Waals surface area contributed by atoms with Crippen molar-refractivity contribution in [3.8, 4) is 5.75 Å². The van der Waals surface area contributed by atoms with Crippen LogP contribution >= 0.6 is 22.7 Å². The summed E-state index contributed by atoms with van der Waals surface area (Å²) >= 11 is 3.22. The zero-order chi connectivity index (χ0) is 20.5. The first-order valence-electron chi connectivity index (χ1n) is 10.3. The maximum atomic E-state index is 13.0. The van der Waals surface area contributed by atoms with Gasteiger partial charge in [0.1, 0.15) is 16.3 Å². The van der Waals surface area contributed by atoms with Gasteiger partial charge in [-0.1, -0.05) is 18.2 Å². The van der Waals surface area contributed by atoms with Gasteiger partial charge in [0.15, 0.2) is 10.8 Å². The van der Waals surface area contributed by atoms with Crippen molar-refractivity contribution in [3.05, 3.63) is 52.5 Å². The molecule has 1 aliphatic carbocycles. The molecule has 0 unspecified atom stereocenters. The van der Waals surface area contributed by atoms with E-state index in [1.54, 1.807) is 18.4 Å². The first-order chi connectivity index (χ1) is 14.7. The Morgan fingerprint density at radius 2 is 1.83 bits per heavy atom. The lowest BCUT2D eigenvalue weighted by molar-refractivity contribution is 0.0879. The molecule has 30 heavy (non-hydrogen) atoms. The second-order valence-electron chi connectivity index (χ2n) is 7.70. The van der Waals surface area contributed by atoms with Gasteiger partial charge in [0.25, 0.3) is 0 Å². The van der Waals surface area contributed by atoms with E-state index in [0.717, 1.165) is 58.7 Å². The molecule has 1 saturated carbocycles. The minimum Gasteiger partial charge on any atom is -0.494 e. The molecule has 1 fully saturated rings. The van der Waals surface area contributed by atoms with Crippen LogP contribution in [-0.2, 0) is 6.54 Å². The first-order valence-corrected chi connectivity index (χ1v) is 11.9. The third-order valence-corrected chi connectivity index (χ3v) is 7.86. The summed E-state index contributed by atoms with van der Waals surface area (Å²) in [5, 5.41) is 5.38. The predicted molar refractivity (Wildman–Crippen MR) is 123 cm³/mol. The summed E-state index contributed by atoms with van der Waals surface area (Å²) in [4.78, 5) is 22.3. The largest absolute Gasteiger partial charge is 0.494 e. The SMILES string of the molecule is COc1cccc2sc(C(=O)C3CCC(NCc4nc5ccccc5s4)CC3)nc12. The molecular formula is C23H23N3O2S2. The quantitative estimate of drug-likeness (QED) is 0.407. The number of hydrogen-bond donors (Lipinski definition) is 1. The summed E-state index contributed by atoms with van der Waals surface area (Å²) in [5.74, 6) is 0.977. The minimum atomic E-state index is 0.0667. The Labute approximate surface area is 183 Å². The van der Waals surface area contributed by atoms with Crippen molar-refractivity contribution < 1.29 is 9.53 Å². The molecule has 0 bridgehead atoms. The van der Waals surface area contributed by atoms with Crippen molar-refractivity contribution in [2.75, 3.05) is 7.11 Å². The Bertz CT molecular complexity index is 1160. The maximum Gasteiger partial charge on any atom is 0.194 e. The van der Waals surface area contributed by atoms with Crippen molar-refractivity contribution >= 4 is 48.9 Å². The van der Waals surface area contributed by atoms with Gasteiger partial charge < -0.3 is 10.1 Å². The molecule has 0 atom stereocenters. The molecule has 5 rings (SSSR count). The number of nitrogens with one attached hydrogen (secondary N) is 1. The number of fused-ring (bicyclic) bond motifs is 2. The van der Waals surface area contributed by atoms with Crippen molar-refractivity contribution in [2.45, 2.75) is 38.3 Å². The number of ether oxygens (including phenoxy) is 1. The van der Waals surface area contributed by atoms with E-state index >= 15 is 0 Å². The molecule has 4 aromatic rings. The summed E-state index contributed by atoms with van der Waals surface area (Å²) in [5.41, 5.74) is 1.86. The van der Waals surface area contributed by atoms with Crippen LogP contribution in [0.1, 0.15) is 40.5 Å². The number of para-hydroxylation sites is 2. The monoisotopic (exact) mass is 437 g/mol. The number of methoxy groups -OCH3 is 1. The van der Waals surface area contributed by atoms with Gasteiger partial charge in [-0.2, -0.15) is 0 Å². The fourth-order valence-corrected chi connectivity index (χ4v) is 6.08. The zero-order valence-corrected chi connectivity index (χ0v) is 18.4. The molecular weight excluding hydrogens is 414 g/mol. The molecule has 154 valence electrons. The van der Waals surface area contributed by atoms with Gasteiger partial charge >= 0.3 is 0 Å². The Morgan fingerprint density at radius 1 is 1.03 bits per heavy atom. The molecule has 2 heterocycles. The van der Waals surface area contributed by atoms with Crippen LogP contribution in [-0.4, -0.2) is 28.9 Å². The lowest BCUT2D eigenvalue weighted by Gasteiger charge is -2.27. The van der Waals surface area contributed by atoms with E-state index in [4.69, 9.17) is 9.72 Å². The van der Waals surface area contributed by atoms with E-state index in [-0.39, 0.29) is 11.7 Å². The summed E-state index contributed by atoms with van der Waals surface area (Å²) in [6.07, 6.45) is 3.83. The highest BCUT2D eigenvalue weighted by Crippen LogP contribution is 2.33. The lowest BCUT2D eigenvalue weighted by atomic mass is 9.83. The van der Waals surface area contributed by atoms with Crippen molar-refractivity contribution in [1.82, 2.24) is 15.3 Å². The van der Waals surface area contributed by atoms with Gasteiger partial charge in [0.05, 0.1) is 22.0 Å². The molecule has 5 nitrogen and oxygen atoms in total. The van der Waals surface area contributed by atoms with Crippen LogP contribution in [0.2, 0.25) is 0 Å². The van der Waals surface area contributed by atoms with E-state index in [1.165, 1.54) is 16.0 Å². The zero-order valence-electron chi connectivity index (χ0n) is 16.8. The highest BCUT2D eigenvalue weighted by atomic mass is 32.1. The minimum absolute atomic E-state index is 0.0667. The molecule has 0 aliphatic heterocycles. The van der Waals surface area contributed by atoms with Crippen LogP contribution < -0.4 is 10.1 Å². The Kier molecular flexibility index (Phi) is 5.50. The summed E-state index contributed by atoms with van der Waals surface area (Å²) < 4.78 is 7.62. The number of carbonyl (C=O) groups excluding carboxylic acids is 1. The highest BCUT2D eigenvalue weighted by molar-refractivity contribution is 7.20. The third kappa shape index (κ3) is 3.85. The predicted octanol–water partition coefficient (Wildman–Crippen LogP) is 5.45. The van der Waals surface area contributed by atoms with Gasteiger partial charge in [-0.15, -0.1) is 22.7 Å². The average molecular weight is 438 g/mol. The number of Topliss-reactive ketones (excluding diaryl/α,β-unsaturated/α-hetero) is 1. The van der Waals surface area contributed by atoms with Gasteiger partial charge in [0, 0.05) is 18.5 Å². The number of thiazole rings is 2. The summed E-state index contributed by atoms with van der Waals surface area (Å²) in [7, 11) is 1.64. The van der Waals surface area contributed by atoms with Crippen LogP contribution in [0.25, 0.3) is 20.4 Å². The highest BCUT2D eigenvalue weighted by Gasteiger charge is 2.29. The van der Waals surface area contributed by atoms with E-state index in [1.807, 2.05) is 24.3 Å². The van der Waals surface area contributed by atoms with E-state index in [0.29, 0.717) is 11.0 Å². The topological polar surface area (TPSA) is 64.1 Å². The molecule has 2 aromatic heterocycles. The van der Waals surface area contributed by atoms with Crippen molar-refractivity contribution in [3.63, 3.8) is 0 Å². The number of ketones is 1. The number of carbonyl (C=O) groups is 1. The number of rotatable bonds is 6. The number of nitrogens with zero attached hydrogens (tertiary/aromatic N) is 2. The lowest BCUT2D eigenvalue weighted by Crippen LogP contribution is -2.34. The smallest absolute Gasteiger partial charge is 0.194 e. The van der Waals surface area contributed by atoms with E-state index in [9.17, 15) is 4.79 Å². The second kappa shape index (κ2) is 8.41. The van der Waals surface area contributed by atoms with Crippen LogP contribution in [0.4, 0.5) is 0 Å². The number of aromatic nitrogens is 2. The van der Waals surface area contributed by atoms with Crippen molar-refractivity contribution in [1.29, 1.82) is 0 Å². The van der Waals surface area contributed by atoms with Crippen LogP contribution in [0.15, 0.2) is 42.5 Å². The molecule has 0 amide bonds. The molecule has 1 aliphatic rings. The average Bonchev–Trinajstić information content (AvgIpc) is 3.41. The van der Waals surface area contributed by atoms with Crippen LogP contribution in [0, 0.1) is 5.92 Å². The molecule has 0 radical (unpaired) electrons. The van der Waals surface area contributed by atoms with Crippen molar-refractivity contribution in [2.24, 2.45) is 5.92 Å². The fraction of sp³-hybridized carbons (Fsp3) is 0.348. The maximum absolute atomic E-state index is 13.0. The molecule has 0 saturated heterocycles. The number of hydrogen-bond acceptors (Lipinski definition) is 7. The fourth-order valence-electron chi connectivity index (χ4n) is 4.15. The molecule has 1 N–H and O–H groups in total. The standard InChI is InChI=1S/C23H23N3O2S2/c1-28-17-6-4-8-19-21(17)26-23(30-19)22(27)14-9-11-15(12-10-14)24-13-20-25-16-5-2-3-7-18(16)29-20/h2-8,14-15,24H,9-13H2,1H3. The molecule has 2 aromatic carbocycles. The van der Waals surface area contributed by atoms with Crippen LogP contribution in [0.5, 0.6) is 5.75 Å². The normalized spacial score (nSPS) is 19.4. The van der Waals surface area contributed by atoms with Gasteiger partial charge in [0.2, 0.25) is 0 Å². The molecule has 0 spiro atoms. The summed E-state index contributed by atoms with van der Waals surface area (Å²) in [6, 6.07) is 14.5. The van der Waals surface area contributed by atoms with E-state index < -0.39 is 0 Å².